The van der Waals surface area contributed by atoms with E-state index in [-0.39, 0.29) is 10.6 Å². The Kier molecular flexibility index (Phi) is 3.28. The average molecular weight is 378 g/mol. The molecule has 4 heterocycles. The number of amides is 1. The summed E-state index contributed by atoms with van der Waals surface area (Å²) in [6.07, 6.45) is 3.50. The Hall–Kier alpha value is -3.33. The van der Waals surface area contributed by atoms with E-state index in [0.717, 1.165) is 21.4 Å². The van der Waals surface area contributed by atoms with Gasteiger partial charge >= 0.3 is 0 Å². The minimum absolute atomic E-state index is 0.201. The zero-order valence-corrected chi connectivity index (χ0v) is 15.2. The number of carbonyl (C=O) groups is 1. The van der Waals surface area contributed by atoms with Crippen LogP contribution in [0.3, 0.4) is 0 Å². The molecule has 0 saturated carbocycles. The Morgan fingerprint density at radius 1 is 1.37 bits per heavy atom. The van der Waals surface area contributed by atoms with Gasteiger partial charge in [0.25, 0.3) is 11.5 Å². The molecular formula is C18H14N6O2S. The van der Waals surface area contributed by atoms with Crippen molar-refractivity contribution in [2.45, 2.75) is 13.1 Å². The van der Waals surface area contributed by atoms with Crippen molar-refractivity contribution >= 4 is 44.7 Å². The number of carbonyl (C=O) groups excluding carboxylic acids is 1. The Morgan fingerprint density at radius 2 is 2.22 bits per heavy atom. The molecule has 0 fully saturated rings. The fourth-order valence-electron chi connectivity index (χ4n) is 3.51. The van der Waals surface area contributed by atoms with Crippen molar-refractivity contribution in [1.82, 2.24) is 19.3 Å². The van der Waals surface area contributed by atoms with E-state index in [2.05, 4.69) is 15.1 Å². The maximum absolute atomic E-state index is 13.1. The highest BCUT2D eigenvalue weighted by Crippen LogP contribution is 2.30. The predicted octanol–water partition coefficient (Wildman–Crippen LogP) is 1.42. The average Bonchev–Trinajstić information content (AvgIpc) is 3.34. The number of nitrogens with zero attached hydrogens (tertiary/aromatic N) is 5. The lowest BCUT2D eigenvalue weighted by atomic mass is 10.0. The molecule has 5 rings (SSSR count). The SMILES string of the molecule is Cn1c2nc(C(N)=O)sc2c2cnn(Cc3cccc4c3C=NC4)c(=O)c21. The maximum atomic E-state index is 13.1. The third-order valence-corrected chi connectivity index (χ3v) is 5.92. The highest BCUT2D eigenvalue weighted by atomic mass is 32.1. The van der Waals surface area contributed by atoms with Crippen molar-refractivity contribution in [3.8, 4) is 0 Å². The van der Waals surface area contributed by atoms with E-state index in [1.807, 2.05) is 24.4 Å². The van der Waals surface area contributed by atoms with Crippen molar-refractivity contribution in [3.05, 3.63) is 56.4 Å². The number of aromatic nitrogens is 4. The van der Waals surface area contributed by atoms with Gasteiger partial charge in [0.1, 0.15) is 5.52 Å². The van der Waals surface area contributed by atoms with Crippen molar-refractivity contribution in [2.75, 3.05) is 0 Å². The fourth-order valence-corrected chi connectivity index (χ4v) is 4.47. The third-order valence-electron chi connectivity index (χ3n) is 4.83. The van der Waals surface area contributed by atoms with E-state index in [4.69, 9.17) is 5.73 Å². The summed E-state index contributed by atoms with van der Waals surface area (Å²) in [6, 6.07) is 6.00. The summed E-state index contributed by atoms with van der Waals surface area (Å²) >= 11 is 1.18. The molecule has 1 amide bonds. The fraction of sp³-hybridized carbons (Fsp3) is 0.167. The zero-order chi connectivity index (χ0) is 18.7. The van der Waals surface area contributed by atoms with E-state index in [0.29, 0.717) is 29.6 Å². The number of aryl methyl sites for hydroxylation is 1. The predicted molar refractivity (Wildman–Crippen MR) is 104 cm³/mol. The van der Waals surface area contributed by atoms with E-state index < -0.39 is 5.91 Å². The van der Waals surface area contributed by atoms with Crippen LogP contribution in [0.2, 0.25) is 0 Å². The number of fused-ring (bicyclic) bond motifs is 4. The maximum Gasteiger partial charge on any atom is 0.291 e. The Balaban J connectivity index is 1.67. The first kappa shape index (κ1) is 15.9. The van der Waals surface area contributed by atoms with Crippen LogP contribution in [-0.2, 0) is 20.1 Å². The number of primary amides is 1. The second kappa shape index (κ2) is 5.58. The Labute approximate surface area is 156 Å². The number of nitrogens with two attached hydrogens (primary N) is 1. The molecule has 1 aliphatic rings. The van der Waals surface area contributed by atoms with Gasteiger partial charge in [-0.25, -0.2) is 9.67 Å². The summed E-state index contributed by atoms with van der Waals surface area (Å²) < 4.78 is 3.89. The van der Waals surface area contributed by atoms with Crippen LogP contribution in [0, 0.1) is 0 Å². The van der Waals surface area contributed by atoms with Gasteiger partial charge in [0.05, 0.1) is 24.0 Å². The lowest BCUT2D eigenvalue weighted by Crippen LogP contribution is -2.25. The minimum atomic E-state index is -0.578. The molecule has 0 unspecified atom stereocenters. The molecule has 134 valence electrons. The monoisotopic (exact) mass is 378 g/mol. The third kappa shape index (κ3) is 2.25. The molecule has 1 aromatic carbocycles. The molecular weight excluding hydrogens is 364 g/mol. The van der Waals surface area contributed by atoms with E-state index in [1.165, 1.54) is 16.0 Å². The van der Waals surface area contributed by atoms with Gasteiger partial charge in [0, 0.05) is 24.2 Å². The van der Waals surface area contributed by atoms with Crippen LogP contribution < -0.4 is 11.3 Å². The largest absolute Gasteiger partial charge is 0.364 e. The van der Waals surface area contributed by atoms with Crippen LogP contribution >= 0.6 is 11.3 Å². The summed E-state index contributed by atoms with van der Waals surface area (Å²) in [7, 11) is 1.76. The molecule has 2 N–H and O–H groups in total. The van der Waals surface area contributed by atoms with Crippen LogP contribution in [0.1, 0.15) is 26.5 Å². The zero-order valence-electron chi connectivity index (χ0n) is 14.3. The molecule has 0 bridgehead atoms. The smallest absolute Gasteiger partial charge is 0.291 e. The number of thiazole rings is 1. The normalized spacial score (nSPS) is 12.9. The minimum Gasteiger partial charge on any atom is -0.364 e. The van der Waals surface area contributed by atoms with Gasteiger partial charge < -0.3 is 10.3 Å². The summed E-state index contributed by atoms with van der Waals surface area (Å²) in [6.45, 7) is 1.04. The molecule has 0 spiro atoms. The van der Waals surface area contributed by atoms with Crippen LogP contribution in [0.4, 0.5) is 0 Å². The molecule has 0 radical (unpaired) electrons. The topological polar surface area (TPSA) is 108 Å². The standard InChI is InChI=1S/C18H14N6O2S/c1-23-13-12(14-16(23)22-17(27-14)15(19)25)7-21-24(18(13)26)8-10-4-2-3-9-5-20-6-11(9)10/h2-4,6-7H,5,8H2,1H3,(H2,19,25). The van der Waals surface area contributed by atoms with E-state index >= 15 is 0 Å². The molecule has 0 saturated heterocycles. The highest BCUT2D eigenvalue weighted by Gasteiger charge is 2.20. The van der Waals surface area contributed by atoms with E-state index in [9.17, 15) is 9.59 Å². The second-order valence-corrected chi connectivity index (χ2v) is 7.42. The highest BCUT2D eigenvalue weighted by molar-refractivity contribution is 7.21. The van der Waals surface area contributed by atoms with Crippen molar-refractivity contribution in [2.24, 2.45) is 17.8 Å². The molecule has 8 nitrogen and oxygen atoms in total. The van der Waals surface area contributed by atoms with E-state index in [1.54, 1.807) is 17.8 Å². The van der Waals surface area contributed by atoms with Gasteiger partial charge in [-0.2, -0.15) is 5.10 Å². The molecule has 9 heteroatoms. The summed E-state index contributed by atoms with van der Waals surface area (Å²) in [5.41, 5.74) is 9.42. The number of hydrogen-bond acceptors (Lipinski definition) is 6. The second-order valence-electron chi connectivity index (χ2n) is 6.42. The first-order chi connectivity index (χ1) is 13.0. The molecule has 27 heavy (non-hydrogen) atoms. The lowest BCUT2D eigenvalue weighted by Gasteiger charge is -2.09. The van der Waals surface area contributed by atoms with Crippen molar-refractivity contribution < 1.29 is 4.79 Å². The first-order valence-corrected chi connectivity index (χ1v) is 9.11. The number of rotatable bonds is 3. The molecule has 3 aromatic heterocycles. The van der Waals surface area contributed by atoms with Crippen LogP contribution in [0.5, 0.6) is 0 Å². The number of hydrogen-bond donors (Lipinski definition) is 1. The summed E-state index contributed by atoms with van der Waals surface area (Å²) in [4.78, 5) is 33.0. The van der Waals surface area contributed by atoms with Gasteiger partial charge in [0.15, 0.2) is 10.7 Å². The van der Waals surface area contributed by atoms with Gasteiger partial charge in [-0.15, -0.1) is 11.3 Å². The summed E-state index contributed by atoms with van der Waals surface area (Å²) in [5.74, 6) is -0.578. The van der Waals surface area contributed by atoms with Gasteiger partial charge in [-0.3, -0.25) is 14.6 Å². The summed E-state index contributed by atoms with van der Waals surface area (Å²) in [5, 5.41) is 5.26. The Morgan fingerprint density at radius 3 is 3.04 bits per heavy atom. The molecule has 1 aliphatic heterocycles. The van der Waals surface area contributed by atoms with Crippen LogP contribution in [0.25, 0.3) is 21.3 Å². The van der Waals surface area contributed by atoms with Crippen molar-refractivity contribution in [3.63, 3.8) is 0 Å². The molecule has 4 aromatic rings. The van der Waals surface area contributed by atoms with Crippen LogP contribution in [-0.4, -0.2) is 31.5 Å². The van der Waals surface area contributed by atoms with Gasteiger partial charge in [0.2, 0.25) is 0 Å². The van der Waals surface area contributed by atoms with Crippen molar-refractivity contribution in [1.29, 1.82) is 0 Å². The van der Waals surface area contributed by atoms with Crippen LogP contribution in [0.15, 0.2) is 34.2 Å². The first-order valence-electron chi connectivity index (χ1n) is 8.30. The molecule has 0 atom stereocenters. The quantitative estimate of drug-likeness (QED) is 0.582. The van der Waals surface area contributed by atoms with Gasteiger partial charge in [-0.1, -0.05) is 18.2 Å². The Bertz CT molecular complexity index is 1340. The molecule has 0 aliphatic carbocycles. The number of benzene rings is 1. The lowest BCUT2D eigenvalue weighted by molar-refractivity contribution is 0.1000. The number of aliphatic imine (C=N–C) groups is 1. The van der Waals surface area contributed by atoms with Gasteiger partial charge in [-0.05, 0) is 11.1 Å².